The van der Waals surface area contributed by atoms with Crippen molar-refractivity contribution in [2.24, 2.45) is 0 Å². The number of hydrogen-bond acceptors (Lipinski definition) is 6. The van der Waals surface area contributed by atoms with E-state index in [1.54, 1.807) is 18.2 Å². The van der Waals surface area contributed by atoms with Crippen LogP contribution in [0.2, 0.25) is 0 Å². The number of para-hydroxylation sites is 1. The molecule has 0 radical (unpaired) electrons. The molecule has 2 unspecified atom stereocenters. The van der Waals surface area contributed by atoms with Crippen LogP contribution < -0.4 is 9.47 Å². The van der Waals surface area contributed by atoms with Crippen LogP contribution in [0, 0.1) is 0 Å². The molecule has 0 aliphatic carbocycles. The predicted octanol–water partition coefficient (Wildman–Crippen LogP) is 1.46. The van der Waals surface area contributed by atoms with Gasteiger partial charge in [0.25, 0.3) is 0 Å². The van der Waals surface area contributed by atoms with Gasteiger partial charge < -0.3 is 24.1 Å². The largest absolute Gasteiger partial charge is 0.493 e. The molecule has 0 spiro atoms. The Labute approximate surface area is 123 Å². The summed E-state index contributed by atoms with van der Waals surface area (Å²) >= 11 is 0. The molecule has 2 atom stereocenters. The summed E-state index contributed by atoms with van der Waals surface area (Å²) in [4.78, 5) is 11.6. The van der Waals surface area contributed by atoms with Gasteiger partial charge in [0.1, 0.15) is 6.10 Å². The summed E-state index contributed by atoms with van der Waals surface area (Å²) in [7, 11) is 2.73. The Morgan fingerprint density at radius 2 is 2.24 bits per heavy atom. The minimum absolute atomic E-state index is 0.126. The number of aliphatic hydroxyl groups is 1. The Bertz CT molecular complexity index is 481. The maximum Gasteiger partial charge on any atom is 0.339 e. The van der Waals surface area contributed by atoms with Gasteiger partial charge in [-0.3, -0.25) is 0 Å². The number of esters is 1. The highest BCUT2D eigenvalue weighted by molar-refractivity contribution is 5.77. The number of aliphatic hydroxyl groups excluding tert-OH is 1. The van der Waals surface area contributed by atoms with E-state index in [2.05, 4.69) is 4.74 Å². The third kappa shape index (κ3) is 3.65. The fourth-order valence-corrected chi connectivity index (χ4v) is 2.24. The predicted molar refractivity (Wildman–Crippen MR) is 74.4 cm³/mol. The molecule has 21 heavy (non-hydrogen) atoms. The molecule has 1 fully saturated rings. The van der Waals surface area contributed by atoms with Crippen LogP contribution in [0.3, 0.4) is 0 Å². The smallest absolute Gasteiger partial charge is 0.339 e. The second-order valence-corrected chi connectivity index (χ2v) is 4.76. The third-order valence-electron chi connectivity index (χ3n) is 3.35. The lowest BCUT2D eigenvalue weighted by Crippen LogP contribution is -2.29. The first kappa shape index (κ1) is 15.6. The molecule has 6 heteroatoms. The Morgan fingerprint density at radius 1 is 1.43 bits per heavy atom. The number of hydrogen-bond donors (Lipinski definition) is 1. The number of ether oxygens (including phenoxy) is 4. The van der Waals surface area contributed by atoms with Crippen molar-refractivity contribution in [1.29, 1.82) is 0 Å². The molecular weight excluding hydrogens is 276 g/mol. The monoisotopic (exact) mass is 296 g/mol. The molecule has 0 amide bonds. The van der Waals surface area contributed by atoms with E-state index in [-0.39, 0.29) is 6.10 Å². The zero-order valence-corrected chi connectivity index (χ0v) is 12.2. The number of methoxy groups -OCH3 is 2. The molecule has 1 saturated heterocycles. The first-order valence-electron chi connectivity index (χ1n) is 6.84. The summed E-state index contributed by atoms with van der Waals surface area (Å²) in [6.45, 7) is 1.20. The van der Waals surface area contributed by atoms with Crippen LogP contribution in [0.25, 0.3) is 0 Å². The SMILES string of the molecule is COC(=O)C(O)c1cccc(OC)c1OC1CCCOC1. The van der Waals surface area contributed by atoms with Crippen LogP contribution in [0.4, 0.5) is 0 Å². The number of rotatable bonds is 5. The van der Waals surface area contributed by atoms with Crippen LogP contribution in [0.5, 0.6) is 11.5 Å². The summed E-state index contributed by atoms with van der Waals surface area (Å²) < 4.78 is 21.1. The average Bonchev–Trinajstić information content (AvgIpc) is 2.54. The maximum atomic E-state index is 11.6. The highest BCUT2D eigenvalue weighted by Crippen LogP contribution is 2.36. The molecule has 1 aromatic rings. The molecule has 6 nitrogen and oxygen atoms in total. The summed E-state index contributed by atoms with van der Waals surface area (Å²) in [5.41, 5.74) is 0.326. The van der Waals surface area contributed by atoms with Crippen LogP contribution >= 0.6 is 0 Å². The standard InChI is InChI=1S/C15H20O6/c1-18-12-7-3-6-11(13(16)15(17)19-2)14(12)21-10-5-4-8-20-9-10/h3,6-7,10,13,16H,4-5,8-9H2,1-2H3. The van der Waals surface area contributed by atoms with Gasteiger partial charge in [0.2, 0.25) is 0 Å². The van der Waals surface area contributed by atoms with Crippen molar-refractivity contribution in [2.75, 3.05) is 27.4 Å². The van der Waals surface area contributed by atoms with Gasteiger partial charge in [-0.15, -0.1) is 0 Å². The third-order valence-corrected chi connectivity index (χ3v) is 3.35. The summed E-state index contributed by atoms with van der Waals surface area (Å²) in [5.74, 6) is 0.0717. The van der Waals surface area contributed by atoms with Crippen molar-refractivity contribution in [2.45, 2.75) is 25.0 Å². The molecule has 1 aromatic carbocycles. The van der Waals surface area contributed by atoms with E-state index >= 15 is 0 Å². The molecule has 1 N–H and O–H groups in total. The van der Waals surface area contributed by atoms with Gasteiger partial charge in [-0.1, -0.05) is 12.1 Å². The Hall–Kier alpha value is -1.79. The fraction of sp³-hybridized carbons (Fsp3) is 0.533. The highest BCUT2D eigenvalue weighted by atomic mass is 16.6. The van der Waals surface area contributed by atoms with Crippen molar-refractivity contribution in [3.05, 3.63) is 23.8 Å². The van der Waals surface area contributed by atoms with Crippen LogP contribution in [0.15, 0.2) is 18.2 Å². The van der Waals surface area contributed by atoms with Crippen LogP contribution in [0.1, 0.15) is 24.5 Å². The van der Waals surface area contributed by atoms with Gasteiger partial charge in [-0.25, -0.2) is 4.79 Å². The molecule has 2 rings (SSSR count). The average molecular weight is 296 g/mol. The maximum absolute atomic E-state index is 11.6. The summed E-state index contributed by atoms with van der Waals surface area (Å²) in [6, 6.07) is 5.01. The number of benzene rings is 1. The zero-order valence-electron chi connectivity index (χ0n) is 12.2. The zero-order chi connectivity index (χ0) is 15.2. The van der Waals surface area contributed by atoms with E-state index in [0.717, 1.165) is 19.4 Å². The van der Waals surface area contributed by atoms with Gasteiger partial charge in [-0.2, -0.15) is 0 Å². The fourth-order valence-electron chi connectivity index (χ4n) is 2.24. The second kappa shape index (κ2) is 7.28. The van der Waals surface area contributed by atoms with Crippen molar-refractivity contribution in [1.82, 2.24) is 0 Å². The molecule has 1 heterocycles. The van der Waals surface area contributed by atoms with Gasteiger partial charge >= 0.3 is 5.97 Å². The van der Waals surface area contributed by atoms with Gasteiger partial charge in [0, 0.05) is 12.2 Å². The van der Waals surface area contributed by atoms with E-state index in [0.29, 0.717) is 23.7 Å². The summed E-state index contributed by atoms with van der Waals surface area (Å²) in [6.07, 6.45) is 0.226. The normalized spacial score (nSPS) is 19.7. The Kier molecular flexibility index (Phi) is 5.41. The second-order valence-electron chi connectivity index (χ2n) is 4.76. The van der Waals surface area contributed by atoms with E-state index in [1.807, 2.05) is 0 Å². The van der Waals surface area contributed by atoms with Gasteiger partial charge in [-0.05, 0) is 18.9 Å². The minimum atomic E-state index is -1.41. The number of carbonyl (C=O) groups is 1. The molecule has 0 bridgehead atoms. The molecule has 1 aliphatic heterocycles. The lowest BCUT2D eigenvalue weighted by molar-refractivity contribution is -0.150. The number of carbonyl (C=O) groups excluding carboxylic acids is 1. The van der Waals surface area contributed by atoms with E-state index in [4.69, 9.17) is 14.2 Å². The van der Waals surface area contributed by atoms with Gasteiger partial charge in [0.15, 0.2) is 17.6 Å². The highest BCUT2D eigenvalue weighted by Gasteiger charge is 2.26. The Morgan fingerprint density at radius 3 is 2.86 bits per heavy atom. The van der Waals surface area contributed by atoms with Crippen LogP contribution in [-0.4, -0.2) is 44.6 Å². The first-order chi connectivity index (χ1) is 10.2. The minimum Gasteiger partial charge on any atom is -0.493 e. The Balaban J connectivity index is 2.29. The lowest BCUT2D eigenvalue weighted by atomic mass is 10.1. The van der Waals surface area contributed by atoms with Crippen LogP contribution in [-0.2, 0) is 14.3 Å². The quantitative estimate of drug-likeness (QED) is 0.829. The van der Waals surface area contributed by atoms with Crippen molar-refractivity contribution < 1.29 is 28.8 Å². The van der Waals surface area contributed by atoms with Crippen molar-refractivity contribution in [3.8, 4) is 11.5 Å². The van der Waals surface area contributed by atoms with Crippen molar-refractivity contribution >= 4 is 5.97 Å². The van der Waals surface area contributed by atoms with Crippen molar-refractivity contribution in [3.63, 3.8) is 0 Å². The van der Waals surface area contributed by atoms with Gasteiger partial charge in [0.05, 0.1) is 20.8 Å². The first-order valence-corrected chi connectivity index (χ1v) is 6.84. The molecule has 116 valence electrons. The molecule has 0 aromatic heterocycles. The lowest BCUT2D eigenvalue weighted by Gasteiger charge is -2.26. The molecule has 1 aliphatic rings. The topological polar surface area (TPSA) is 74.2 Å². The van der Waals surface area contributed by atoms with E-state index in [9.17, 15) is 9.90 Å². The molecule has 0 saturated carbocycles. The van der Waals surface area contributed by atoms with E-state index < -0.39 is 12.1 Å². The molecular formula is C15H20O6. The van der Waals surface area contributed by atoms with E-state index in [1.165, 1.54) is 14.2 Å². The summed E-state index contributed by atoms with van der Waals surface area (Å²) in [5, 5.41) is 10.1.